The second-order valence-corrected chi connectivity index (χ2v) is 4.91. The fourth-order valence-corrected chi connectivity index (χ4v) is 2.06. The molecule has 0 aliphatic rings. The molecule has 1 atom stereocenters. The van der Waals surface area contributed by atoms with Gasteiger partial charge in [-0.1, -0.05) is 12.1 Å². The van der Waals surface area contributed by atoms with Crippen LogP contribution < -0.4 is 11.1 Å². The topological polar surface area (TPSA) is 87.7 Å². The number of aryl methyl sites for hydroxylation is 1. The molecular formula is C12H15BrFN3O2. The zero-order valence-electron chi connectivity index (χ0n) is 10.6. The molecule has 5 nitrogen and oxygen atoms in total. The van der Waals surface area contributed by atoms with Crippen LogP contribution >= 0.6 is 15.9 Å². The predicted octanol–water partition coefficient (Wildman–Crippen LogP) is 2.61. The molecule has 0 radical (unpaired) electrons. The smallest absolute Gasteiger partial charge is 0.235 e. The van der Waals surface area contributed by atoms with Gasteiger partial charge in [0.2, 0.25) is 5.91 Å². The second-order valence-electron chi connectivity index (χ2n) is 4.06. The Morgan fingerprint density at radius 1 is 1.63 bits per heavy atom. The largest absolute Gasteiger partial charge is 0.409 e. The summed E-state index contributed by atoms with van der Waals surface area (Å²) in [6, 6.07) is 2.78. The average molecular weight is 332 g/mol. The molecule has 0 fully saturated rings. The van der Waals surface area contributed by atoms with Crippen molar-refractivity contribution in [1.29, 1.82) is 0 Å². The summed E-state index contributed by atoms with van der Waals surface area (Å²) in [5, 5.41) is 14.0. The van der Waals surface area contributed by atoms with Gasteiger partial charge in [-0.2, -0.15) is 0 Å². The van der Waals surface area contributed by atoms with E-state index in [4.69, 9.17) is 10.9 Å². The number of carbonyl (C=O) groups excluding carboxylic acids is 1. The van der Waals surface area contributed by atoms with Crippen LogP contribution in [0.4, 0.5) is 10.1 Å². The first kappa shape index (κ1) is 15.4. The third-order valence-electron chi connectivity index (χ3n) is 2.72. The number of anilines is 1. The number of hydrogen-bond acceptors (Lipinski definition) is 3. The summed E-state index contributed by atoms with van der Waals surface area (Å²) < 4.78 is 13.8. The van der Waals surface area contributed by atoms with Crippen LogP contribution in [0.5, 0.6) is 0 Å². The van der Waals surface area contributed by atoms with E-state index in [0.717, 1.165) is 0 Å². The maximum atomic E-state index is 13.4. The van der Waals surface area contributed by atoms with E-state index in [1.807, 2.05) is 0 Å². The Balaban J connectivity index is 2.96. The molecule has 0 spiro atoms. The fraction of sp³-hybridized carbons (Fsp3) is 0.333. The molecule has 0 heterocycles. The normalized spacial score (nSPS) is 13.2. The van der Waals surface area contributed by atoms with Gasteiger partial charge in [0.1, 0.15) is 5.82 Å². The van der Waals surface area contributed by atoms with Gasteiger partial charge in [-0.25, -0.2) is 4.39 Å². The van der Waals surface area contributed by atoms with Crippen molar-refractivity contribution < 1.29 is 14.4 Å². The molecule has 0 aromatic heterocycles. The van der Waals surface area contributed by atoms with Crippen LogP contribution in [0.15, 0.2) is 21.8 Å². The second kappa shape index (κ2) is 6.51. The van der Waals surface area contributed by atoms with Crippen LogP contribution in [0.2, 0.25) is 0 Å². The molecule has 1 aromatic rings. The molecule has 0 aliphatic heterocycles. The lowest BCUT2D eigenvalue weighted by Gasteiger charge is -2.15. The molecule has 19 heavy (non-hydrogen) atoms. The maximum absolute atomic E-state index is 13.4. The first-order valence-electron chi connectivity index (χ1n) is 5.64. The van der Waals surface area contributed by atoms with Crippen molar-refractivity contribution in [3.8, 4) is 0 Å². The number of nitrogens with two attached hydrogens (primary N) is 1. The van der Waals surface area contributed by atoms with Crippen LogP contribution in [0, 0.1) is 18.7 Å². The number of amides is 1. The Morgan fingerprint density at radius 3 is 2.79 bits per heavy atom. The van der Waals surface area contributed by atoms with Gasteiger partial charge in [0.25, 0.3) is 0 Å². The van der Waals surface area contributed by atoms with Crippen molar-refractivity contribution in [2.24, 2.45) is 16.8 Å². The number of halogens is 2. The highest BCUT2D eigenvalue weighted by atomic mass is 79.9. The zero-order valence-corrected chi connectivity index (χ0v) is 12.2. The molecular weight excluding hydrogens is 317 g/mol. The maximum Gasteiger partial charge on any atom is 0.235 e. The summed E-state index contributed by atoms with van der Waals surface area (Å²) >= 11 is 3.06. The minimum Gasteiger partial charge on any atom is -0.409 e. The van der Waals surface area contributed by atoms with Gasteiger partial charge < -0.3 is 16.3 Å². The molecule has 1 amide bonds. The Hall–Kier alpha value is -1.63. The average Bonchev–Trinajstić information content (AvgIpc) is 2.36. The number of benzene rings is 1. The van der Waals surface area contributed by atoms with Gasteiger partial charge in [0.05, 0.1) is 10.4 Å². The number of nitrogens with zero attached hydrogens (tertiary/aromatic N) is 1. The summed E-state index contributed by atoms with van der Waals surface area (Å²) in [6.45, 7) is 3.47. The van der Waals surface area contributed by atoms with E-state index >= 15 is 0 Å². The molecule has 1 rings (SSSR count). The zero-order chi connectivity index (χ0) is 14.6. The molecule has 104 valence electrons. The fourth-order valence-electron chi connectivity index (χ4n) is 1.60. The number of rotatable bonds is 4. The van der Waals surface area contributed by atoms with E-state index in [0.29, 0.717) is 22.1 Å². The molecule has 1 aromatic carbocycles. The highest BCUT2D eigenvalue weighted by Gasteiger charge is 2.22. The summed E-state index contributed by atoms with van der Waals surface area (Å²) in [6.07, 6.45) is 0.375. The lowest BCUT2D eigenvalue weighted by molar-refractivity contribution is -0.118. The predicted molar refractivity (Wildman–Crippen MR) is 74.7 cm³/mol. The van der Waals surface area contributed by atoms with E-state index in [-0.39, 0.29) is 5.84 Å². The van der Waals surface area contributed by atoms with E-state index < -0.39 is 17.6 Å². The van der Waals surface area contributed by atoms with Crippen LogP contribution in [0.1, 0.15) is 18.9 Å². The molecule has 4 N–H and O–H groups in total. The molecule has 0 bridgehead atoms. The Morgan fingerprint density at radius 2 is 2.26 bits per heavy atom. The highest BCUT2D eigenvalue weighted by Crippen LogP contribution is 2.24. The van der Waals surface area contributed by atoms with Crippen molar-refractivity contribution >= 4 is 33.4 Å². The Bertz CT molecular complexity index is 520. The number of oxime groups is 1. The third-order valence-corrected chi connectivity index (χ3v) is 3.33. The Labute approximate surface area is 118 Å². The van der Waals surface area contributed by atoms with Crippen molar-refractivity contribution in [3.63, 3.8) is 0 Å². The summed E-state index contributed by atoms with van der Waals surface area (Å²) in [5.41, 5.74) is 6.49. The standard InChI is InChI=1S/C12H15BrFN3O2/c1-3-7(11(15)17-19)12(18)16-10-5-9(14)8(13)4-6(10)2/h4-5,7,19H,3H2,1-2H3,(H2,15,17)(H,16,18). The number of nitrogens with one attached hydrogen (secondary N) is 1. The quantitative estimate of drug-likeness (QED) is 0.343. The molecule has 0 saturated carbocycles. The highest BCUT2D eigenvalue weighted by molar-refractivity contribution is 9.10. The van der Waals surface area contributed by atoms with Crippen molar-refractivity contribution in [2.45, 2.75) is 20.3 Å². The SMILES string of the molecule is CCC(C(=O)Nc1cc(F)c(Br)cc1C)/C(N)=N/O. The lowest BCUT2D eigenvalue weighted by atomic mass is 10.0. The molecule has 0 aliphatic carbocycles. The molecule has 7 heteroatoms. The van der Waals surface area contributed by atoms with Crippen molar-refractivity contribution in [1.82, 2.24) is 0 Å². The van der Waals surface area contributed by atoms with Gasteiger partial charge >= 0.3 is 0 Å². The molecule has 0 saturated heterocycles. The third kappa shape index (κ3) is 3.66. The van der Waals surface area contributed by atoms with Gasteiger partial charge in [0.15, 0.2) is 5.84 Å². The van der Waals surface area contributed by atoms with Crippen LogP contribution in [0.3, 0.4) is 0 Å². The Kier molecular flexibility index (Phi) is 5.29. The minimum absolute atomic E-state index is 0.171. The first-order chi connectivity index (χ1) is 8.90. The van der Waals surface area contributed by atoms with Crippen LogP contribution in [0.25, 0.3) is 0 Å². The van der Waals surface area contributed by atoms with Gasteiger partial charge in [-0.3, -0.25) is 4.79 Å². The number of amidine groups is 1. The van der Waals surface area contributed by atoms with Gasteiger partial charge in [0, 0.05) is 5.69 Å². The summed E-state index contributed by atoms with van der Waals surface area (Å²) in [7, 11) is 0. The van der Waals surface area contributed by atoms with E-state index in [2.05, 4.69) is 26.4 Å². The summed E-state index contributed by atoms with van der Waals surface area (Å²) in [4.78, 5) is 12.0. The molecule has 1 unspecified atom stereocenters. The lowest BCUT2D eigenvalue weighted by Crippen LogP contribution is -2.34. The van der Waals surface area contributed by atoms with E-state index in [1.165, 1.54) is 6.07 Å². The monoisotopic (exact) mass is 331 g/mol. The minimum atomic E-state index is -0.754. The number of carbonyl (C=O) groups is 1. The van der Waals surface area contributed by atoms with Gasteiger partial charge in [-0.15, -0.1) is 0 Å². The van der Waals surface area contributed by atoms with E-state index in [1.54, 1.807) is 19.9 Å². The van der Waals surface area contributed by atoms with Crippen LogP contribution in [-0.4, -0.2) is 17.0 Å². The number of hydrogen-bond donors (Lipinski definition) is 3. The van der Waals surface area contributed by atoms with Crippen molar-refractivity contribution in [2.75, 3.05) is 5.32 Å². The van der Waals surface area contributed by atoms with Gasteiger partial charge in [-0.05, 0) is 47.0 Å². The van der Waals surface area contributed by atoms with E-state index in [9.17, 15) is 9.18 Å². The summed E-state index contributed by atoms with van der Waals surface area (Å²) in [5.74, 6) is -1.84. The first-order valence-corrected chi connectivity index (χ1v) is 6.43. The van der Waals surface area contributed by atoms with Crippen molar-refractivity contribution in [3.05, 3.63) is 28.0 Å². The van der Waals surface area contributed by atoms with Crippen LogP contribution in [-0.2, 0) is 4.79 Å².